The van der Waals surface area contributed by atoms with Crippen molar-refractivity contribution in [1.29, 1.82) is 0 Å². The Balaban J connectivity index is 1.31. The van der Waals surface area contributed by atoms with E-state index in [1.807, 2.05) is 77.4 Å². The van der Waals surface area contributed by atoms with Crippen LogP contribution in [0.4, 0.5) is 0 Å². The molecule has 9 heteroatoms. The van der Waals surface area contributed by atoms with E-state index in [-0.39, 0.29) is 18.5 Å². The third-order valence-electron chi connectivity index (χ3n) is 5.48. The van der Waals surface area contributed by atoms with Crippen LogP contribution in [0.2, 0.25) is 0 Å². The second kappa shape index (κ2) is 10.5. The van der Waals surface area contributed by atoms with E-state index in [1.54, 1.807) is 7.11 Å². The molecule has 0 atom stereocenters. The highest BCUT2D eigenvalue weighted by Crippen LogP contribution is 2.33. The summed E-state index contributed by atoms with van der Waals surface area (Å²) in [4.78, 5) is 12.6. The van der Waals surface area contributed by atoms with Crippen LogP contribution in [0.1, 0.15) is 11.1 Å². The lowest BCUT2D eigenvalue weighted by atomic mass is 10.2. The minimum Gasteiger partial charge on any atom is -0.497 e. The number of nitrogens with one attached hydrogen (secondary N) is 1. The predicted octanol–water partition coefficient (Wildman–Crippen LogP) is 4.14. The molecule has 1 aliphatic heterocycles. The molecular formula is C26H24N4O4S. The molecule has 35 heavy (non-hydrogen) atoms. The molecule has 1 amide bonds. The molecule has 0 saturated heterocycles. The fourth-order valence-corrected chi connectivity index (χ4v) is 4.49. The van der Waals surface area contributed by atoms with Gasteiger partial charge in [0.1, 0.15) is 5.75 Å². The molecule has 178 valence electrons. The number of carbonyl (C=O) groups excluding carboxylic acids is 1. The Labute approximate surface area is 207 Å². The summed E-state index contributed by atoms with van der Waals surface area (Å²) >= 11 is 1.35. The standard InChI is InChI=1S/C26H24N4O4S/c1-32-21-9-5-6-18(12-21)14-27-24(31)16-35-26-29-28-25(20-7-3-2-4-8-20)30(26)15-19-10-11-22-23(13-19)34-17-33-22/h2-13H,14-17H2,1H3,(H,27,31). The van der Waals surface area contributed by atoms with E-state index < -0.39 is 0 Å². The van der Waals surface area contributed by atoms with Gasteiger partial charge in [0.15, 0.2) is 22.5 Å². The van der Waals surface area contributed by atoms with E-state index in [9.17, 15) is 4.79 Å². The number of carbonyl (C=O) groups is 1. The van der Waals surface area contributed by atoms with Gasteiger partial charge in [0.05, 0.1) is 19.4 Å². The van der Waals surface area contributed by atoms with E-state index in [4.69, 9.17) is 14.2 Å². The zero-order valence-electron chi connectivity index (χ0n) is 19.1. The maximum absolute atomic E-state index is 12.6. The summed E-state index contributed by atoms with van der Waals surface area (Å²) in [5, 5.41) is 12.5. The van der Waals surface area contributed by atoms with Gasteiger partial charge in [0.2, 0.25) is 12.7 Å². The number of hydrogen-bond acceptors (Lipinski definition) is 7. The Morgan fingerprint density at radius 1 is 1.00 bits per heavy atom. The number of ether oxygens (including phenoxy) is 3. The number of amides is 1. The number of hydrogen-bond donors (Lipinski definition) is 1. The Kier molecular flexibility index (Phi) is 6.85. The van der Waals surface area contributed by atoms with E-state index in [0.29, 0.717) is 18.2 Å². The summed E-state index contributed by atoms with van der Waals surface area (Å²) < 4.78 is 18.2. The van der Waals surface area contributed by atoms with Crippen LogP contribution in [0.25, 0.3) is 11.4 Å². The Morgan fingerprint density at radius 3 is 2.71 bits per heavy atom. The number of aromatic nitrogens is 3. The highest BCUT2D eigenvalue weighted by Gasteiger charge is 2.18. The van der Waals surface area contributed by atoms with Gasteiger partial charge in [0.25, 0.3) is 0 Å². The Bertz CT molecular complexity index is 1330. The maximum atomic E-state index is 12.6. The van der Waals surface area contributed by atoms with Gasteiger partial charge in [-0.25, -0.2) is 0 Å². The topological polar surface area (TPSA) is 87.5 Å². The molecule has 1 N–H and O–H groups in total. The van der Waals surface area contributed by atoms with Crippen molar-refractivity contribution in [1.82, 2.24) is 20.1 Å². The average Bonchev–Trinajstić information content (AvgIpc) is 3.53. The van der Waals surface area contributed by atoms with Gasteiger partial charge < -0.3 is 19.5 Å². The second-order valence-corrected chi connectivity index (χ2v) is 8.81. The first-order valence-corrected chi connectivity index (χ1v) is 12.1. The van der Waals surface area contributed by atoms with Crippen molar-refractivity contribution in [3.05, 3.63) is 83.9 Å². The molecular weight excluding hydrogens is 464 g/mol. The van der Waals surface area contributed by atoms with Crippen molar-refractivity contribution in [3.8, 4) is 28.6 Å². The number of benzene rings is 3. The molecule has 2 heterocycles. The van der Waals surface area contributed by atoms with Gasteiger partial charge >= 0.3 is 0 Å². The fourth-order valence-electron chi connectivity index (χ4n) is 3.72. The van der Waals surface area contributed by atoms with Crippen LogP contribution in [0.15, 0.2) is 78.0 Å². The summed E-state index contributed by atoms with van der Waals surface area (Å²) in [6.45, 7) is 1.18. The highest BCUT2D eigenvalue weighted by atomic mass is 32.2. The SMILES string of the molecule is COc1cccc(CNC(=O)CSc2nnc(-c3ccccc3)n2Cc2ccc3c(c2)OCO3)c1. The predicted molar refractivity (Wildman–Crippen MR) is 133 cm³/mol. The molecule has 5 rings (SSSR count). The first-order chi connectivity index (χ1) is 17.2. The van der Waals surface area contributed by atoms with Crippen LogP contribution >= 0.6 is 11.8 Å². The normalized spacial score (nSPS) is 11.9. The highest BCUT2D eigenvalue weighted by molar-refractivity contribution is 7.99. The smallest absolute Gasteiger partial charge is 0.231 e. The van der Waals surface area contributed by atoms with Crippen molar-refractivity contribution >= 4 is 17.7 Å². The summed E-state index contributed by atoms with van der Waals surface area (Å²) in [5.74, 6) is 3.10. The van der Waals surface area contributed by atoms with Crippen LogP contribution in [0.3, 0.4) is 0 Å². The van der Waals surface area contributed by atoms with Gasteiger partial charge in [-0.15, -0.1) is 10.2 Å². The number of thioether (sulfide) groups is 1. The van der Waals surface area contributed by atoms with Gasteiger partial charge in [-0.2, -0.15) is 0 Å². The summed E-state index contributed by atoms with van der Waals surface area (Å²) in [6, 6.07) is 23.4. The summed E-state index contributed by atoms with van der Waals surface area (Å²) in [5.41, 5.74) is 2.95. The molecule has 0 fully saturated rings. The van der Waals surface area contributed by atoms with Gasteiger partial charge in [-0.1, -0.05) is 60.3 Å². The van der Waals surface area contributed by atoms with Crippen molar-refractivity contribution in [2.24, 2.45) is 0 Å². The number of methoxy groups -OCH3 is 1. The zero-order chi connectivity index (χ0) is 24.0. The average molecular weight is 489 g/mol. The van der Waals surface area contributed by atoms with E-state index in [1.165, 1.54) is 11.8 Å². The second-order valence-electron chi connectivity index (χ2n) is 7.86. The maximum Gasteiger partial charge on any atom is 0.231 e. The third-order valence-corrected chi connectivity index (χ3v) is 6.45. The van der Waals surface area contributed by atoms with Crippen LogP contribution in [0, 0.1) is 0 Å². The third kappa shape index (κ3) is 5.41. The molecule has 1 aliphatic rings. The van der Waals surface area contributed by atoms with Crippen molar-refractivity contribution in [2.75, 3.05) is 19.7 Å². The van der Waals surface area contributed by atoms with Crippen LogP contribution in [-0.2, 0) is 17.9 Å². The molecule has 1 aromatic heterocycles. The Morgan fingerprint density at radius 2 is 1.86 bits per heavy atom. The number of nitrogens with zero attached hydrogens (tertiary/aromatic N) is 3. The van der Waals surface area contributed by atoms with E-state index >= 15 is 0 Å². The van der Waals surface area contributed by atoms with Crippen molar-refractivity contribution in [3.63, 3.8) is 0 Å². The van der Waals surface area contributed by atoms with Crippen molar-refractivity contribution < 1.29 is 19.0 Å². The van der Waals surface area contributed by atoms with Crippen LogP contribution in [0.5, 0.6) is 17.2 Å². The quantitative estimate of drug-likeness (QED) is 0.354. The first kappa shape index (κ1) is 22.8. The number of fused-ring (bicyclic) bond motifs is 1. The summed E-state index contributed by atoms with van der Waals surface area (Å²) in [7, 11) is 1.62. The fraction of sp³-hybridized carbons (Fsp3) is 0.192. The first-order valence-electron chi connectivity index (χ1n) is 11.1. The van der Waals surface area contributed by atoms with Gasteiger partial charge in [-0.05, 0) is 35.4 Å². The summed E-state index contributed by atoms with van der Waals surface area (Å²) in [6.07, 6.45) is 0. The molecule has 0 radical (unpaired) electrons. The molecule has 3 aromatic carbocycles. The van der Waals surface area contributed by atoms with E-state index in [2.05, 4.69) is 15.5 Å². The minimum absolute atomic E-state index is 0.0864. The monoisotopic (exact) mass is 488 g/mol. The van der Waals surface area contributed by atoms with Crippen molar-refractivity contribution in [2.45, 2.75) is 18.2 Å². The minimum atomic E-state index is -0.0864. The lowest BCUT2D eigenvalue weighted by molar-refractivity contribution is -0.118. The van der Waals surface area contributed by atoms with E-state index in [0.717, 1.165) is 39.8 Å². The molecule has 0 unspecified atom stereocenters. The lowest BCUT2D eigenvalue weighted by Crippen LogP contribution is -2.24. The number of rotatable bonds is 9. The Hall–Kier alpha value is -3.98. The molecule has 0 aliphatic carbocycles. The van der Waals surface area contributed by atoms with Crippen LogP contribution < -0.4 is 19.5 Å². The van der Waals surface area contributed by atoms with Gasteiger partial charge in [0, 0.05) is 12.1 Å². The molecule has 0 bridgehead atoms. The molecule has 0 saturated carbocycles. The largest absolute Gasteiger partial charge is 0.497 e. The molecule has 8 nitrogen and oxygen atoms in total. The molecule has 4 aromatic rings. The molecule has 0 spiro atoms. The van der Waals surface area contributed by atoms with Gasteiger partial charge in [-0.3, -0.25) is 9.36 Å². The zero-order valence-corrected chi connectivity index (χ0v) is 20.0. The van der Waals surface area contributed by atoms with Crippen LogP contribution in [-0.4, -0.2) is 40.3 Å². The lowest BCUT2D eigenvalue weighted by Gasteiger charge is -2.11.